The van der Waals surface area contributed by atoms with E-state index < -0.39 is 0 Å². The van der Waals surface area contributed by atoms with Gasteiger partial charge in [0.1, 0.15) is 0 Å². The summed E-state index contributed by atoms with van der Waals surface area (Å²) in [5, 5.41) is 14.3. The predicted octanol–water partition coefficient (Wildman–Crippen LogP) is 2.54. The molecule has 0 bridgehead atoms. The molecular formula is C12H13NO5. The number of oxime groups is 1. The van der Waals surface area contributed by atoms with Gasteiger partial charge < -0.3 is 23.8 Å². The van der Waals surface area contributed by atoms with E-state index in [0.29, 0.717) is 16.7 Å². The molecular weight excluding hydrogens is 238 g/mol. The molecule has 0 saturated heterocycles. The number of rotatable bonds is 4. The van der Waals surface area contributed by atoms with Gasteiger partial charge in [-0.2, -0.15) is 0 Å². The maximum Gasteiger partial charge on any atom is 0.246 e. The number of methoxy groups -OCH3 is 2. The maximum atomic E-state index is 10.1. The van der Waals surface area contributed by atoms with Gasteiger partial charge >= 0.3 is 0 Å². The lowest BCUT2D eigenvalue weighted by Gasteiger charge is -2.12. The zero-order valence-corrected chi connectivity index (χ0v) is 10.3. The Morgan fingerprint density at radius 3 is 2.56 bits per heavy atom. The van der Waals surface area contributed by atoms with Gasteiger partial charge in [0, 0.05) is 6.21 Å². The minimum Gasteiger partial charge on any atom is -0.501 e. The zero-order valence-electron chi connectivity index (χ0n) is 10.3. The third kappa shape index (κ3) is 1.71. The zero-order chi connectivity index (χ0) is 13.1. The summed E-state index contributed by atoms with van der Waals surface area (Å²) >= 11 is 0. The molecule has 0 amide bonds. The van der Waals surface area contributed by atoms with E-state index in [4.69, 9.17) is 18.7 Å². The van der Waals surface area contributed by atoms with Crippen LogP contribution in [-0.2, 0) is 0 Å². The van der Waals surface area contributed by atoms with Gasteiger partial charge in [0.2, 0.25) is 17.2 Å². The highest BCUT2D eigenvalue weighted by atomic mass is 16.6. The number of fused-ring (bicyclic) bond motifs is 1. The number of hydrogen-bond donors (Lipinski definition) is 1. The number of nitrogens with zero attached hydrogens (tertiary/aromatic N) is 1. The van der Waals surface area contributed by atoms with E-state index in [9.17, 15) is 5.11 Å². The number of benzene rings is 1. The average molecular weight is 251 g/mol. The SMILES string of the molecule is C/C=N/Oc1c(O)c(OC)c2occc2c1OC. The topological polar surface area (TPSA) is 73.4 Å². The number of ether oxygens (including phenoxy) is 2. The second kappa shape index (κ2) is 4.87. The molecule has 1 N–H and O–H groups in total. The van der Waals surface area contributed by atoms with Gasteiger partial charge in [-0.25, -0.2) is 0 Å². The lowest BCUT2D eigenvalue weighted by molar-refractivity contribution is 0.286. The second-order valence-electron chi connectivity index (χ2n) is 3.36. The van der Waals surface area contributed by atoms with E-state index in [-0.39, 0.29) is 17.2 Å². The van der Waals surface area contributed by atoms with Crippen LogP contribution in [0.15, 0.2) is 21.9 Å². The first-order chi connectivity index (χ1) is 8.74. The first-order valence-corrected chi connectivity index (χ1v) is 5.23. The van der Waals surface area contributed by atoms with Crippen LogP contribution in [-0.4, -0.2) is 25.5 Å². The Morgan fingerprint density at radius 1 is 1.22 bits per heavy atom. The second-order valence-corrected chi connectivity index (χ2v) is 3.36. The van der Waals surface area contributed by atoms with Crippen molar-refractivity contribution in [1.29, 1.82) is 0 Å². The van der Waals surface area contributed by atoms with Crippen molar-refractivity contribution in [2.45, 2.75) is 6.92 Å². The van der Waals surface area contributed by atoms with Gasteiger partial charge in [-0.05, 0) is 13.0 Å². The third-order valence-electron chi connectivity index (χ3n) is 2.41. The van der Waals surface area contributed by atoms with Gasteiger partial charge in [-0.1, -0.05) is 5.16 Å². The van der Waals surface area contributed by atoms with E-state index in [0.717, 1.165) is 0 Å². The molecule has 1 aromatic carbocycles. The molecule has 6 nitrogen and oxygen atoms in total. The molecule has 0 spiro atoms. The minimum atomic E-state index is -0.220. The average Bonchev–Trinajstić information content (AvgIpc) is 2.84. The summed E-state index contributed by atoms with van der Waals surface area (Å²) in [6.07, 6.45) is 2.92. The maximum absolute atomic E-state index is 10.1. The molecule has 18 heavy (non-hydrogen) atoms. The quantitative estimate of drug-likeness (QED) is 0.667. The van der Waals surface area contributed by atoms with Gasteiger partial charge in [0.05, 0.1) is 25.9 Å². The molecule has 1 aromatic heterocycles. The van der Waals surface area contributed by atoms with Crippen molar-refractivity contribution >= 4 is 17.2 Å². The summed E-state index contributed by atoms with van der Waals surface area (Å²) in [5.74, 6) is 0.378. The van der Waals surface area contributed by atoms with Gasteiger partial charge in [0.15, 0.2) is 11.3 Å². The van der Waals surface area contributed by atoms with Gasteiger partial charge in [-0.3, -0.25) is 0 Å². The van der Waals surface area contributed by atoms with Crippen LogP contribution in [0.5, 0.6) is 23.0 Å². The van der Waals surface area contributed by atoms with Crippen molar-refractivity contribution in [3.05, 3.63) is 12.3 Å². The van der Waals surface area contributed by atoms with Crippen LogP contribution in [0.3, 0.4) is 0 Å². The standard InChI is InChI=1S/C12H13NO5/c1-4-13-18-12-8(14)11(16-3)10-7(5-6-17-10)9(12)15-2/h4-6,14H,1-3H3/b13-4+. The van der Waals surface area contributed by atoms with E-state index in [1.54, 1.807) is 13.0 Å². The summed E-state index contributed by atoms with van der Waals surface area (Å²) in [6, 6.07) is 1.69. The molecule has 0 saturated carbocycles. The Morgan fingerprint density at radius 2 is 1.94 bits per heavy atom. The molecule has 0 radical (unpaired) electrons. The van der Waals surface area contributed by atoms with E-state index in [1.165, 1.54) is 26.7 Å². The van der Waals surface area contributed by atoms with Crippen LogP contribution in [0, 0.1) is 0 Å². The Hall–Kier alpha value is -2.37. The molecule has 1 heterocycles. The van der Waals surface area contributed by atoms with Crippen molar-refractivity contribution in [3.63, 3.8) is 0 Å². The molecule has 96 valence electrons. The van der Waals surface area contributed by atoms with E-state index in [2.05, 4.69) is 5.16 Å². The Balaban J connectivity index is 2.76. The number of phenols is 1. The van der Waals surface area contributed by atoms with Crippen LogP contribution < -0.4 is 14.3 Å². The van der Waals surface area contributed by atoms with E-state index >= 15 is 0 Å². The van der Waals surface area contributed by atoms with Crippen molar-refractivity contribution in [1.82, 2.24) is 0 Å². The lowest BCUT2D eigenvalue weighted by Crippen LogP contribution is -1.94. The molecule has 0 atom stereocenters. The number of aromatic hydroxyl groups is 1. The summed E-state index contributed by atoms with van der Waals surface area (Å²) < 4.78 is 15.6. The Bertz CT molecular complexity index is 588. The van der Waals surface area contributed by atoms with Crippen LogP contribution in [0.1, 0.15) is 6.92 Å². The van der Waals surface area contributed by atoms with Crippen LogP contribution in [0.25, 0.3) is 11.0 Å². The fourth-order valence-electron chi connectivity index (χ4n) is 1.69. The molecule has 0 aliphatic carbocycles. The summed E-state index contributed by atoms with van der Waals surface area (Å²) in [6.45, 7) is 1.69. The number of hydrogen-bond acceptors (Lipinski definition) is 6. The van der Waals surface area contributed by atoms with E-state index in [1.807, 2.05) is 0 Å². The highest BCUT2D eigenvalue weighted by Gasteiger charge is 2.24. The van der Waals surface area contributed by atoms with Crippen LogP contribution in [0.4, 0.5) is 0 Å². The van der Waals surface area contributed by atoms with Crippen molar-refractivity contribution in [2.24, 2.45) is 5.16 Å². The molecule has 0 unspecified atom stereocenters. The molecule has 0 fully saturated rings. The largest absolute Gasteiger partial charge is 0.501 e. The number of phenolic OH excluding ortho intramolecular Hbond substituents is 1. The summed E-state index contributed by atoms with van der Waals surface area (Å²) in [4.78, 5) is 5.10. The molecule has 6 heteroatoms. The normalized spacial score (nSPS) is 11.1. The number of furan rings is 1. The molecule has 0 aliphatic heterocycles. The highest BCUT2D eigenvalue weighted by molar-refractivity contribution is 5.95. The first-order valence-electron chi connectivity index (χ1n) is 5.23. The lowest BCUT2D eigenvalue weighted by atomic mass is 10.2. The fourth-order valence-corrected chi connectivity index (χ4v) is 1.69. The van der Waals surface area contributed by atoms with Crippen LogP contribution in [0.2, 0.25) is 0 Å². The minimum absolute atomic E-state index is 0.0846. The Labute approximate surface area is 103 Å². The van der Waals surface area contributed by atoms with Crippen LogP contribution >= 0.6 is 0 Å². The van der Waals surface area contributed by atoms with Gasteiger partial charge in [0.25, 0.3) is 0 Å². The predicted molar refractivity (Wildman–Crippen MR) is 65.8 cm³/mol. The first kappa shape index (κ1) is 12.1. The smallest absolute Gasteiger partial charge is 0.246 e. The molecule has 2 aromatic rings. The highest BCUT2D eigenvalue weighted by Crippen LogP contribution is 2.50. The summed E-state index contributed by atoms with van der Waals surface area (Å²) in [7, 11) is 2.90. The summed E-state index contributed by atoms with van der Waals surface area (Å²) in [5.41, 5.74) is 0.389. The Kier molecular flexibility index (Phi) is 3.27. The van der Waals surface area contributed by atoms with Crippen molar-refractivity contribution < 1.29 is 23.8 Å². The molecule has 0 aliphatic rings. The molecule has 2 rings (SSSR count). The monoisotopic (exact) mass is 251 g/mol. The van der Waals surface area contributed by atoms with Crippen molar-refractivity contribution in [3.8, 4) is 23.0 Å². The van der Waals surface area contributed by atoms with Gasteiger partial charge in [-0.15, -0.1) is 0 Å². The fraction of sp³-hybridized carbons (Fsp3) is 0.250. The third-order valence-corrected chi connectivity index (χ3v) is 2.41. The van der Waals surface area contributed by atoms with Crippen molar-refractivity contribution in [2.75, 3.05) is 14.2 Å².